The van der Waals surface area contributed by atoms with Crippen LogP contribution >= 0.6 is 0 Å². The number of benzene rings is 1. The maximum absolute atomic E-state index is 5.81. The molecule has 1 aliphatic rings. The Labute approximate surface area is 93.7 Å². The lowest BCUT2D eigenvalue weighted by Crippen LogP contribution is -2.38. The number of nitrogens with two attached hydrogens (primary N) is 1. The van der Waals surface area contributed by atoms with Gasteiger partial charge in [-0.05, 0) is 18.4 Å². The Morgan fingerprint density at radius 3 is 2.53 bits per heavy atom. The summed E-state index contributed by atoms with van der Waals surface area (Å²) in [5.41, 5.74) is 8.20. The Morgan fingerprint density at radius 2 is 1.93 bits per heavy atom. The monoisotopic (exact) mass is 206 g/mol. The highest BCUT2D eigenvalue weighted by atomic mass is 15.0. The van der Waals surface area contributed by atoms with E-state index in [9.17, 15) is 0 Å². The van der Waals surface area contributed by atoms with E-state index in [1.807, 2.05) is 32.0 Å². The van der Waals surface area contributed by atoms with Crippen molar-refractivity contribution in [2.24, 2.45) is 5.73 Å². The van der Waals surface area contributed by atoms with Crippen LogP contribution in [0.5, 0.6) is 0 Å². The van der Waals surface area contributed by atoms with Gasteiger partial charge in [-0.1, -0.05) is 50.3 Å². The largest absolute Gasteiger partial charge is 0.370 e. The fourth-order valence-corrected chi connectivity index (χ4v) is 1.56. The van der Waals surface area contributed by atoms with Crippen LogP contribution in [0.4, 0.5) is 0 Å². The molecule has 0 bridgehead atoms. The van der Waals surface area contributed by atoms with Crippen molar-refractivity contribution in [1.29, 1.82) is 0 Å². The van der Waals surface area contributed by atoms with Gasteiger partial charge in [0, 0.05) is 7.12 Å². The molecule has 2 heteroatoms. The van der Waals surface area contributed by atoms with Crippen molar-refractivity contribution < 1.29 is 1.43 Å². The van der Waals surface area contributed by atoms with E-state index in [0.717, 1.165) is 12.8 Å². The van der Waals surface area contributed by atoms with Crippen molar-refractivity contribution in [3.8, 4) is 0 Å². The molecule has 0 saturated heterocycles. The number of allylic oxidation sites excluding steroid dienone is 1. The maximum Gasteiger partial charge on any atom is 0.0746 e. The summed E-state index contributed by atoms with van der Waals surface area (Å²) in [5.74, 6) is 0. The second-order valence-corrected chi connectivity index (χ2v) is 3.31. The lowest BCUT2D eigenvalue weighted by Gasteiger charge is -2.22. The molecular weight excluding hydrogens is 184 g/mol. The van der Waals surface area contributed by atoms with Gasteiger partial charge in [-0.3, -0.25) is 0 Å². The van der Waals surface area contributed by atoms with Gasteiger partial charge in [0.1, 0.15) is 0 Å². The summed E-state index contributed by atoms with van der Waals surface area (Å²) in [6.45, 7) is 4.00. The zero-order valence-electron chi connectivity index (χ0n) is 9.53. The molecule has 2 nitrogen and oxygen atoms in total. The molecule has 0 aromatic heterocycles. The van der Waals surface area contributed by atoms with Gasteiger partial charge in [-0.2, -0.15) is 0 Å². The minimum Gasteiger partial charge on any atom is -0.370 e. The van der Waals surface area contributed by atoms with Crippen LogP contribution in [0.25, 0.3) is 5.70 Å². The van der Waals surface area contributed by atoms with Gasteiger partial charge in [0.05, 0.1) is 6.17 Å². The minimum absolute atomic E-state index is 0. The highest BCUT2D eigenvalue weighted by molar-refractivity contribution is 5.64. The Kier molecular flexibility index (Phi) is 4.91. The van der Waals surface area contributed by atoms with Crippen LogP contribution in [0, 0.1) is 0 Å². The molecule has 2 rings (SSSR count). The zero-order chi connectivity index (χ0) is 11.1. The molecule has 0 saturated carbocycles. The van der Waals surface area contributed by atoms with Gasteiger partial charge in [0.15, 0.2) is 0 Å². The SMILES string of the molecule is CC.NC1CCC=C(c2ccccc2)N1.[HH]. The summed E-state index contributed by atoms with van der Waals surface area (Å²) in [4.78, 5) is 0. The first-order chi connectivity index (χ1) is 7.36. The molecule has 0 aliphatic carbocycles. The van der Waals surface area contributed by atoms with E-state index in [2.05, 4.69) is 23.5 Å². The van der Waals surface area contributed by atoms with Gasteiger partial charge in [-0.15, -0.1) is 0 Å². The molecule has 1 unspecified atom stereocenters. The molecule has 84 valence electrons. The summed E-state index contributed by atoms with van der Waals surface area (Å²) in [5, 5.41) is 3.27. The fraction of sp³-hybridized carbons (Fsp3) is 0.385. The van der Waals surface area contributed by atoms with Crippen molar-refractivity contribution in [1.82, 2.24) is 5.32 Å². The van der Waals surface area contributed by atoms with Crippen LogP contribution in [-0.2, 0) is 0 Å². The minimum atomic E-state index is 0. The van der Waals surface area contributed by atoms with E-state index in [0.29, 0.717) is 0 Å². The van der Waals surface area contributed by atoms with E-state index in [1.54, 1.807) is 0 Å². The van der Waals surface area contributed by atoms with Gasteiger partial charge in [0.25, 0.3) is 0 Å². The standard InChI is InChI=1S/C11H14N2.C2H6.H2/c12-11-8-4-7-10(13-11)9-5-2-1-3-6-9;1-2;/h1-3,5-7,11,13H,4,8,12H2;1-2H3;1H. The van der Waals surface area contributed by atoms with Crippen LogP contribution in [-0.4, -0.2) is 6.17 Å². The summed E-state index contributed by atoms with van der Waals surface area (Å²) >= 11 is 0. The third-order valence-electron chi connectivity index (χ3n) is 2.25. The summed E-state index contributed by atoms with van der Waals surface area (Å²) in [6, 6.07) is 10.3. The van der Waals surface area contributed by atoms with E-state index in [4.69, 9.17) is 5.73 Å². The van der Waals surface area contributed by atoms with Crippen molar-refractivity contribution >= 4 is 5.70 Å². The summed E-state index contributed by atoms with van der Waals surface area (Å²) < 4.78 is 0. The topological polar surface area (TPSA) is 38.0 Å². The highest BCUT2D eigenvalue weighted by Gasteiger charge is 2.10. The second kappa shape index (κ2) is 6.25. The molecule has 1 aromatic carbocycles. The van der Waals surface area contributed by atoms with E-state index in [1.165, 1.54) is 11.3 Å². The van der Waals surface area contributed by atoms with Crippen molar-refractivity contribution in [2.75, 3.05) is 0 Å². The van der Waals surface area contributed by atoms with Crippen LogP contribution in [0.1, 0.15) is 33.7 Å². The van der Waals surface area contributed by atoms with E-state index >= 15 is 0 Å². The second-order valence-electron chi connectivity index (χ2n) is 3.31. The molecule has 0 radical (unpaired) electrons. The Hall–Kier alpha value is -1.28. The number of hydrogen-bond acceptors (Lipinski definition) is 2. The molecule has 1 aromatic rings. The van der Waals surface area contributed by atoms with E-state index < -0.39 is 0 Å². The van der Waals surface area contributed by atoms with E-state index in [-0.39, 0.29) is 7.59 Å². The molecule has 1 aliphatic heterocycles. The maximum atomic E-state index is 5.81. The molecule has 15 heavy (non-hydrogen) atoms. The van der Waals surface area contributed by atoms with Gasteiger partial charge >= 0.3 is 0 Å². The quantitative estimate of drug-likeness (QED) is 0.741. The predicted octanol–water partition coefficient (Wildman–Crippen LogP) is 2.97. The summed E-state index contributed by atoms with van der Waals surface area (Å²) in [6.07, 6.45) is 4.41. The Morgan fingerprint density at radius 1 is 1.27 bits per heavy atom. The van der Waals surface area contributed by atoms with Crippen molar-refractivity contribution in [3.05, 3.63) is 42.0 Å². The first kappa shape index (κ1) is 11.8. The predicted molar refractivity (Wildman–Crippen MR) is 68.2 cm³/mol. The molecule has 1 atom stereocenters. The molecule has 3 N–H and O–H groups in total. The highest BCUT2D eigenvalue weighted by Crippen LogP contribution is 2.16. The average molecular weight is 206 g/mol. The number of rotatable bonds is 1. The third kappa shape index (κ3) is 3.40. The van der Waals surface area contributed by atoms with Gasteiger partial charge in [-0.25, -0.2) is 0 Å². The van der Waals surface area contributed by atoms with Crippen LogP contribution < -0.4 is 11.1 Å². The van der Waals surface area contributed by atoms with Gasteiger partial charge in [0.2, 0.25) is 0 Å². The van der Waals surface area contributed by atoms with Crippen molar-refractivity contribution in [3.63, 3.8) is 0 Å². The summed E-state index contributed by atoms with van der Waals surface area (Å²) in [7, 11) is 0. The molecule has 0 spiro atoms. The van der Waals surface area contributed by atoms with Crippen molar-refractivity contribution in [2.45, 2.75) is 32.9 Å². The fourth-order valence-electron chi connectivity index (χ4n) is 1.56. The smallest absolute Gasteiger partial charge is 0.0746 e. The number of nitrogens with one attached hydrogen (secondary N) is 1. The lowest BCUT2D eigenvalue weighted by atomic mass is 10.1. The van der Waals surface area contributed by atoms with Crippen LogP contribution in [0.15, 0.2) is 36.4 Å². The lowest BCUT2D eigenvalue weighted by molar-refractivity contribution is 0.558. The first-order valence-corrected chi connectivity index (χ1v) is 5.64. The molecule has 0 fully saturated rings. The molecule has 0 amide bonds. The Bertz CT molecular complexity index is 309. The normalized spacial score (nSPS) is 19.4. The third-order valence-corrected chi connectivity index (χ3v) is 2.25. The number of hydrogen-bond donors (Lipinski definition) is 2. The molecule has 1 heterocycles. The first-order valence-electron chi connectivity index (χ1n) is 5.64. The average Bonchev–Trinajstić information content (AvgIpc) is 2.33. The van der Waals surface area contributed by atoms with Crippen LogP contribution in [0.2, 0.25) is 0 Å². The van der Waals surface area contributed by atoms with Gasteiger partial charge < -0.3 is 11.1 Å². The van der Waals surface area contributed by atoms with Crippen LogP contribution in [0.3, 0.4) is 0 Å². The zero-order valence-corrected chi connectivity index (χ0v) is 9.53. The Balaban J connectivity index is 0.000000711. The molecular formula is C13H22N2.